The van der Waals surface area contributed by atoms with Gasteiger partial charge in [0, 0.05) is 25.7 Å². The quantitative estimate of drug-likeness (QED) is 0.627. The number of carbonyl (C=O) groups is 1. The molecule has 0 spiro atoms. The second-order valence-corrected chi connectivity index (χ2v) is 11.2. The fraction of sp³-hybridized carbons (Fsp3) is 0.520. The van der Waals surface area contributed by atoms with E-state index in [-0.39, 0.29) is 22.9 Å². The predicted octanol–water partition coefficient (Wildman–Crippen LogP) is 3.43. The van der Waals surface area contributed by atoms with Crippen molar-refractivity contribution in [2.24, 2.45) is 5.92 Å². The number of benzene rings is 1. The van der Waals surface area contributed by atoms with Crippen LogP contribution in [0.4, 0.5) is 0 Å². The first-order valence-corrected chi connectivity index (χ1v) is 13.4. The lowest BCUT2D eigenvalue weighted by Crippen LogP contribution is -2.37. The van der Waals surface area contributed by atoms with E-state index in [2.05, 4.69) is 18.3 Å². The van der Waals surface area contributed by atoms with Crippen molar-refractivity contribution in [3.8, 4) is 0 Å². The maximum absolute atomic E-state index is 13.1. The molecule has 2 aliphatic rings. The summed E-state index contributed by atoms with van der Waals surface area (Å²) in [6.07, 6.45) is 9.48. The SMILES string of the molecule is CC1CCN(S(=O)(=O)c2ccc3c(ccc(=O)n3CC(=O)NCCC3=CCCCC3)c2)CC1. The molecule has 0 unspecified atom stereocenters. The summed E-state index contributed by atoms with van der Waals surface area (Å²) in [7, 11) is -3.58. The molecule has 1 fully saturated rings. The lowest BCUT2D eigenvalue weighted by Gasteiger charge is -2.29. The standard InChI is InChI=1S/C25H33N3O4S/c1-19-12-15-27(16-13-19)33(31,32)22-8-9-23-21(17-22)7-10-25(30)28(23)18-24(29)26-14-11-20-5-3-2-4-6-20/h5,7-10,17,19H,2-4,6,11-16,18H2,1H3,(H,26,29). The molecule has 1 aliphatic carbocycles. The van der Waals surface area contributed by atoms with Gasteiger partial charge in [-0.2, -0.15) is 4.31 Å². The molecule has 2 aromatic rings. The Hall–Kier alpha value is -2.45. The van der Waals surface area contributed by atoms with Gasteiger partial charge in [-0.15, -0.1) is 0 Å². The average molecular weight is 472 g/mol. The van der Waals surface area contributed by atoms with Gasteiger partial charge >= 0.3 is 0 Å². The maximum Gasteiger partial charge on any atom is 0.251 e. The normalized spacial score (nSPS) is 18.3. The van der Waals surface area contributed by atoms with Crippen LogP contribution in [0.1, 0.15) is 51.9 Å². The van der Waals surface area contributed by atoms with Gasteiger partial charge < -0.3 is 5.32 Å². The number of carbonyl (C=O) groups excluding carboxylic acids is 1. The minimum atomic E-state index is -3.58. The maximum atomic E-state index is 13.1. The number of piperidine rings is 1. The molecule has 4 rings (SSSR count). The number of pyridine rings is 1. The van der Waals surface area contributed by atoms with Crippen LogP contribution < -0.4 is 10.9 Å². The summed E-state index contributed by atoms with van der Waals surface area (Å²) in [5.41, 5.74) is 1.66. The highest BCUT2D eigenvalue weighted by Gasteiger charge is 2.28. The zero-order chi connectivity index (χ0) is 23.4. The summed E-state index contributed by atoms with van der Waals surface area (Å²) >= 11 is 0. The molecule has 1 aliphatic heterocycles. The van der Waals surface area contributed by atoms with E-state index in [1.165, 1.54) is 29.0 Å². The van der Waals surface area contributed by atoms with Crippen molar-refractivity contribution in [1.29, 1.82) is 0 Å². The Morgan fingerprint density at radius 1 is 1.12 bits per heavy atom. The number of hydrogen-bond acceptors (Lipinski definition) is 4. The lowest BCUT2D eigenvalue weighted by atomic mass is 9.97. The van der Waals surface area contributed by atoms with E-state index in [1.54, 1.807) is 28.6 Å². The van der Waals surface area contributed by atoms with Crippen LogP contribution in [-0.2, 0) is 21.4 Å². The van der Waals surface area contributed by atoms with Crippen LogP contribution in [0, 0.1) is 5.92 Å². The van der Waals surface area contributed by atoms with E-state index in [1.807, 2.05) is 0 Å². The van der Waals surface area contributed by atoms with Crippen LogP contribution in [0.5, 0.6) is 0 Å². The highest BCUT2D eigenvalue weighted by molar-refractivity contribution is 7.89. The second kappa shape index (κ2) is 10.2. The Morgan fingerprint density at radius 2 is 1.91 bits per heavy atom. The fourth-order valence-electron chi connectivity index (χ4n) is 4.67. The number of allylic oxidation sites excluding steroid dienone is 1. The summed E-state index contributed by atoms with van der Waals surface area (Å²) in [6, 6.07) is 7.79. The highest BCUT2D eigenvalue weighted by atomic mass is 32.2. The number of rotatable bonds is 7. The van der Waals surface area contributed by atoms with E-state index in [0.29, 0.717) is 36.5 Å². The van der Waals surface area contributed by atoms with Gasteiger partial charge in [0.05, 0.1) is 10.4 Å². The van der Waals surface area contributed by atoms with Crippen LogP contribution in [0.25, 0.3) is 10.9 Å². The van der Waals surface area contributed by atoms with Gasteiger partial charge in [0.2, 0.25) is 15.9 Å². The smallest absolute Gasteiger partial charge is 0.251 e. The Balaban J connectivity index is 1.48. The first-order valence-electron chi connectivity index (χ1n) is 11.9. The Kier molecular flexibility index (Phi) is 7.34. The Morgan fingerprint density at radius 3 is 2.64 bits per heavy atom. The molecule has 8 heteroatoms. The third-order valence-electron chi connectivity index (χ3n) is 6.80. The van der Waals surface area contributed by atoms with Crippen molar-refractivity contribution >= 4 is 26.8 Å². The van der Waals surface area contributed by atoms with E-state index < -0.39 is 10.0 Å². The molecule has 1 N–H and O–H groups in total. The minimum Gasteiger partial charge on any atom is -0.354 e. The van der Waals surface area contributed by atoms with E-state index >= 15 is 0 Å². The van der Waals surface area contributed by atoms with Crippen LogP contribution in [-0.4, -0.2) is 42.8 Å². The average Bonchev–Trinajstić information content (AvgIpc) is 2.81. The molecule has 1 aromatic heterocycles. The van der Waals surface area contributed by atoms with Crippen molar-refractivity contribution in [2.45, 2.75) is 63.3 Å². The number of nitrogens with one attached hydrogen (secondary N) is 1. The van der Waals surface area contributed by atoms with Gasteiger partial charge in [-0.25, -0.2) is 8.42 Å². The Labute approximate surface area is 195 Å². The third kappa shape index (κ3) is 5.55. The number of fused-ring (bicyclic) bond motifs is 1. The topological polar surface area (TPSA) is 88.5 Å². The van der Waals surface area contributed by atoms with Crippen molar-refractivity contribution in [3.05, 3.63) is 52.3 Å². The van der Waals surface area contributed by atoms with Gasteiger partial charge in [-0.1, -0.05) is 18.6 Å². The zero-order valence-electron chi connectivity index (χ0n) is 19.3. The minimum absolute atomic E-state index is 0.0919. The van der Waals surface area contributed by atoms with Crippen molar-refractivity contribution in [3.63, 3.8) is 0 Å². The number of aromatic nitrogens is 1. The largest absolute Gasteiger partial charge is 0.354 e. The number of amides is 1. The van der Waals surface area contributed by atoms with Gasteiger partial charge in [0.1, 0.15) is 6.54 Å². The predicted molar refractivity (Wildman–Crippen MR) is 130 cm³/mol. The molecule has 1 amide bonds. The molecule has 178 valence electrons. The van der Waals surface area contributed by atoms with Crippen LogP contribution >= 0.6 is 0 Å². The zero-order valence-corrected chi connectivity index (χ0v) is 20.1. The summed E-state index contributed by atoms with van der Waals surface area (Å²) in [5, 5.41) is 3.54. The summed E-state index contributed by atoms with van der Waals surface area (Å²) < 4.78 is 29.2. The number of nitrogens with zero attached hydrogens (tertiary/aromatic N) is 2. The highest BCUT2D eigenvalue weighted by Crippen LogP contribution is 2.25. The summed E-state index contributed by atoms with van der Waals surface area (Å²) in [6.45, 7) is 3.66. The lowest BCUT2D eigenvalue weighted by molar-refractivity contribution is -0.121. The van der Waals surface area contributed by atoms with Crippen LogP contribution in [0.3, 0.4) is 0 Å². The van der Waals surface area contributed by atoms with E-state index in [4.69, 9.17) is 0 Å². The van der Waals surface area contributed by atoms with Crippen LogP contribution in [0.15, 0.2) is 51.7 Å². The monoisotopic (exact) mass is 471 g/mol. The molecule has 1 aromatic carbocycles. The van der Waals surface area contributed by atoms with Gasteiger partial charge in [0.25, 0.3) is 5.56 Å². The number of sulfonamides is 1. The molecule has 1 saturated heterocycles. The molecule has 2 heterocycles. The van der Waals surface area contributed by atoms with Crippen molar-refractivity contribution < 1.29 is 13.2 Å². The molecule has 0 radical (unpaired) electrons. The van der Waals surface area contributed by atoms with Crippen LogP contribution in [0.2, 0.25) is 0 Å². The molecular weight excluding hydrogens is 438 g/mol. The summed E-state index contributed by atoms with van der Waals surface area (Å²) in [4.78, 5) is 25.2. The van der Waals surface area contributed by atoms with E-state index in [0.717, 1.165) is 32.1 Å². The van der Waals surface area contributed by atoms with Gasteiger partial charge in [-0.3, -0.25) is 14.2 Å². The fourth-order valence-corrected chi connectivity index (χ4v) is 6.18. The molecular formula is C25H33N3O4S. The molecule has 0 atom stereocenters. The van der Waals surface area contributed by atoms with Crippen molar-refractivity contribution in [1.82, 2.24) is 14.2 Å². The molecule has 7 nitrogen and oxygen atoms in total. The van der Waals surface area contributed by atoms with Crippen molar-refractivity contribution in [2.75, 3.05) is 19.6 Å². The van der Waals surface area contributed by atoms with Gasteiger partial charge in [0.15, 0.2) is 0 Å². The van der Waals surface area contributed by atoms with E-state index in [9.17, 15) is 18.0 Å². The Bertz CT molecular complexity index is 1210. The molecule has 0 bridgehead atoms. The van der Waals surface area contributed by atoms with Gasteiger partial charge in [-0.05, 0) is 80.5 Å². The molecule has 33 heavy (non-hydrogen) atoms. The second-order valence-electron chi connectivity index (χ2n) is 9.27. The third-order valence-corrected chi connectivity index (χ3v) is 8.69. The number of hydrogen-bond donors (Lipinski definition) is 1. The first-order chi connectivity index (χ1) is 15.8. The summed E-state index contributed by atoms with van der Waals surface area (Å²) in [5.74, 6) is 0.313. The molecule has 0 saturated carbocycles. The first kappa shape index (κ1) is 23.7.